The molecule has 0 radical (unpaired) electrons. The fraction of sp³-hybridized carbons (Fsp3) is 0.125. The van der Waals surface area contributed by atoms with Crippen LogP contribution >= 0.6 is 0 Å². The summed E-state index contributed by atoms with van der Waals surface area (Å²) >= 11 is 0. The van der Waals surface area contributed by atoms with Crippen molar-refractivity contribution >= 4 is 11.7 Å². The van der Waals surface area contributed by atoms with Crippen LogP contribution < -0.4 is 0 Å². The van der Waals surface area contributed by atoms with Crippen molar-refractivity contribution < 1.29 is 9.90 Å². The van der Waals surface area contributed by atoms with Crippen molar-refractivity contribution in [1.82, 2.24) is 14.4 Å². The van der Waals surface area contributed by atoms with E-state index in [1.165, 1.54) is 6.20 Å². The fourth-order valence-corrected chi connectivity index (χ4v) is 1.16. The van der Waals surface area contributed by atoms with Crippen LogP contribution in [-0.2, 0) is 11.2 Å². The first-order valence-corrected chi connectivity index (χ1v) is 3.76. The minimum Gasteiger partial charge on any atom is -0.481 e. The topological polar surface area (TPSA) is 67.5 Å². The maximum atomic E-state index is 10.4. The van der Waals surface area contributed by atoms with Gasteiger partial charge in [0.1, 0.15) is 0 Å². The van der Waals surface area contributed by atoms with E-state index in [-0.39, 0.29) is 6.42 Å². The summed E-state index contributed by atoms with van der Waals surface area (Å²) in [6.45, 7) is 0. The van der Waals surface area contributed by atoms with E-state index < -0.39 is 5.97 Å². The Bertz CT molecular complexity index is 449. The van der Waals surface area contributed by atoms with Gasteiger partial charge in [-0.1, -0.05) is 0 Å². The molecule has 2 rings (SSSR count). The second-order valence-electron chi connectivity index (χ2n) is 2.61. The van der Waals surface area contributed by atoms with E-state index in [2.05, 4.69) is 9.97 Å². The molecule has 0 saturated carbocycles. The van der Waals surface area contributed by atoms with E-state index >= 15 is 0 Å². The first kappa shape index (κ1) is 7.72. The molecule has 13 heavy (non-hydrogen) atoms. The smallest absolute Gasteiger partial charge is 0.309 e. The highest BCUT2D eigenvalue weighted by Crippen LogP contribution is 2.03. The van der Waals surface area contributed by atoms with Gasteiger partial charge in [0.05, 0.1) is 18.3 Å². The third kappa shape index (κ3) is 1.35. The second-order valence-corrected chi connectivity index (χ2v) is 2.61. The molecule has 0 unspecified atom stereocenters. The summed E-state index contributed by atoms with van der Waals surface area (Å²) in [7, 11) is 0. The van der Waals surface area contributed by atoms with E-state index in [9.17, 15) is 4.79 Å². The molecule has 2 aromatic rings. The Kier molecular flexibility index (Phi) is 1.70. The van der Waals surface area contributed by atoms with Gasteiger partial charge in [0, 0.05) is 12.4 Å². The molecule has 0 aliphatic rings. The maximum absolute atomic E-state index is 10.4. The largest absolute Gasteiger partial charge is 0.481 e. The van der Waals surface area contributed by atoms with Crippen molar-refractivity contribution in [3.63, 3.8) is 0 Å². The van der Waals surface area contributed by atoms with Gasteiger partial charge in [-0.25, -0.2) is 9.97 Å². The number of nitrogens with zero attached hydrogens (tertiary/aromatic N) is 3. The van der Waals surface area contributed by atoms with Crippen LogP contribution in [0.3, 0.4) is 0 Å². The summed E-state index contributed by atoms with van der Waals surface area (Å²) in [4.78, 5) is 18.4. The molecule has 2 heterocycles. The van der Waals surface area contributed by atoms with Gasteiger partial charge in [-0.2, -0.15) is 0 Å². The number of hydrogen-bond acceptors (Lipinski definition) is 3. The van der Waals surface area contributed by atoms with Gasteiger partial charge in [-0.3, -0.25) is 9.20 Å². The molecule has 0 aliphatic carbocycles. The molecule has 2 aromatic heterocycles. The minimum atomic E-state index is -0.870. The summed E-state index contributed by atoms with van der Waals surface area (Å²) in [5.74, 6) is -0.343. The standard InChI is InChI=1S/C8H7N3O2/c12-7(13)4-6-5-10-8-9-2-1-3-11(6)8/h1-3,5H,4H2,(H,12,13). The van der Waals surface area contributed by atoms with Gasteiger partial charge in [0.2, 0.25) is 5.78 Å². The average Bonchev–Trinajstić information content (AvgIpc) is 2.48. The monoisotopic (exact) mass is 177 g/mol. The molecular formula is C8H7N3O2. The van der Waals surface area contributed by atoms with Crippen LogP contribution in [0.25, 0.3) is 5.78 Å². The van der Waals surface area contributed by atoms with Crippen LogP contribution in [0.15, 0.2) is 24.7 Å². The highest BCUT2D eigenvalue weighted by molar-refractivity contribution is 5.69. The molecule has 0 saturated heterocycles. The molecule has 0 aromatic carbocycles. The Balaban J connectivity index is 2.51. The SMILES string of the molecule is O=C(O)Cc1cnc2ncccn12. The summed E-state index contributed by atoms with van der Waals surface area (Å²) < 4.78 is 1.66. The predicted octanol–water partition coefficient (Wildman–Crippen LogP) is 0.356. The Morgan fingerprint density at radius 2 is 2.38 bits per heavy atom. The van der Waals surface area contributed by atoms with Crippen molar-refractivity contribution in [2.24, 2.45) is 0 Å². The summed E-state index contributed by atoms with van der Waals surface area (Å²) in [5, 5.41) is 8.58. The van der Waals surface area contributed by atoms with Crippen LogP contribution in [0.4, 0.5) is 0 Å². The van der Waals surface area contributed by atoms with Gasteiger partial charge in [-0.05, 0) is 6.07 Å². The molecular weight excluding hydrogens is 170 g/mol. The molecule has 0 fully saturated rings. The first-order valence-electron chi connectivity index (χ1n) is 3.76. The van der Waals surface area contributed by atoms with Crippen molar-refractivity contribution in [3.8, 4) is 0 Å². The van der Waals surface area contributed by atoms with Gasteiger partial charge in [0.25, 0.3) is 0 Å². The van der Waals surface area contributed by atoms with Gasteiger partial charge >= 0.3 is 5.97 Å². The van der Waals surface area contributed by atoms with E-state index in [4.69, 9.17) is 5.11 Å². The van der Waals surface area contributed by atoms with E-state index in [0.29, 0.717) is 11.5 Å². The fourth-order valence-electron chi connectivity index (χ4n) is 1.16. The lowest BCUT2D eigenvalue weighted by Crippen LogP contribution is -2.03. The molecule has 1 N–H and O–H groups in total. The zero-order chi connectivity index (χ0) is 9.26. The lowest BCUT2D eigenvalue weighted by atomic mass is 10.3. The highest BCUT2D eigenvalue weighted by Gasteiger charge is 2.06. The Hall–Kier alpha value is -1.91. The van der Waals surface area contributed by atoms with E-state index in [0.717, 1.165) is 0 Å². The Labute approximate surface area is 73.7 Å². The maximum Gasteiger partial charge on any atom is 0.309 e. The van der Waals surface area contributed by atoms with Crippen LogP contribution in [0, 0.1) is 0 Å². The zero-order valence-electron chi connectivity index (χ0n) is 6.71. The molecule has 66 valence electrons. The predicted molar refractivity (Wildman–Crippen MR) is 44.3 cm³/mol. The van der Waals surface area contributed by atoms with E-state index in [1.807, 2.05) is 0 Å². The molecule has 5 nitrogen and oxygen atoms in total. The number of aliphatic carboxylic acids is 1. The quantitative estimate of drug-likeness (QED) is 0.719. The highest BCUT2D eigenvalue weighted by atomic mass is 16.4. The van der Waals surface area contributed by atoms with Crippen LogP contribution in [0.2, 0.25) is 0 Å². The van der Waals surface area contributed by atoms with Crippen molar-refractivity contribution in [2.75, 3.05) is 0 Å². The molecule has 0 amide bonds. The number of carbonyl (C=O) groups is 1. The Morgan fingerprint density at radius 3 is 3.15 bits per heavy atom. The van der Waals surface area contributed by atoms with Gasteiger partial charge < -0.3 is 5.11 Å². The van der Waals surface area contributed by atoms with Gasteiger partial charge in [0.15, 0.2) is 0 Å². The van der Waals surface area contributed by atoms with Crippen LogP contribution in [0.1, 0.15) is 5.69 Å². The first-order chi connectivity index (χ1) is 6.27. The lowest BCUT2D eigenvalue weighted by Gasteiger charge is -1.95. The zero-order valence-corrected chi connectivity index (χ0v) is 6.71. The number of fused-ring (bicyclic) bond motifs is 1. The number of rotatable bonds is 2. The number of imidazole rings is 1. The van der Waals surface area contributed by atoms with Crippen LogP contribution in [-0.4, -0.2) is 25.4 Å². The average molecular weight is 177 g/mol. The van der Waals surface area contributed by atoms with Crippen LogP contribution in [0.5, 0.6) is 0 Å². The molecule has 0 atom stereocenters. The third-order valence-electron chi connectivity index (χ3n) is 1.70. The third-order valence-corrected chi connectivity index (χ3v) is 1.70. The number of carboxylic acids is 1. The summed E-state index contributed by atoms with van der Waals surface area (Å²) in [6.07, 6.45) is 4.85. The summed E-state index contributed by atoms with van der Waals surface area (Å²) in [6, 6.07) is 1.74. The van der Waals surface area contributed by atoms with Crippen molar-refractivity contribution in [1.29, 1.82) is 0 Å². The second kappa shape index (κ2) is 2.85. The number of aromatic nitrogens is 3. The van der Waals surface area contributed by atoms with Crippen molar-refractivity contribution in [2.45, 2.75) is 6.42 Å². The normalized spacial score (nSPS) is 10.5. The van der Waals surface area contributed by atoms with Crippen molar-refractivity contribution in [3.05, 3.63) is 30.4 Å². The lowest BCUT2D eigenvalue weighted by molar-refractivity contribution is -0.136. The molecule has 0 spiro atoms. The Morgan fingerprint density at radius 1 is 1.54 bits per heavy atom. The molecule has 0 aliphatic heterocycles. The van der Waals surface area contributed by atoms with Gasteiger partial charge in [-0.15, -0.1) is 0 Å². The molecule has 0 bridgehead atoms. The summed E-state index contributed by atoms with van der Waals surface area (Å²) in [5.41, 5.74) is 0.635. The minimum absolute atomic E-state index is 0.0349. The van der Waals surface area contributed by atoms with E-state index in [1.54, 1.807) is 22.9 Å². The number of carboxylic acid groups (broad SMARTS) is 1. The number of hydrogen-bond donors (Lipinski definition) is 1. The molecule has 5 heteroatoms.